The van der Waals surface area contributed by atoms with Gasteiger partial charge in [0.05, 0.1) is 0 Å². The molecule has 1 aliphatic heterocycles. The summed E-state index contributed by atoms with van der Waals surface area (Å²) in [6, 6.07) is 15.7. The molecule has 0 fully saturated rings. The minimum Gasteiger partial charge on any atom is -0.454 e. The lowest BCUT2D eigenvalue weighted by molar-refractivity contribution is 0.174. The van der Waals surface area contributed by atoms with Crippen LogP contribution >= 0.6 is 11.8 Å². The molecule has 0 radical (unpaired) electrons. The summed E-state index contributed by atoms with van der Waals surface area (Å²) in [5, 5.41) is 0.697. The highest BCUT2D eigenvalue weighted by molar-refractivity contribution is 7.98. The lowest BCUT2D eigenvalue weighted by Crippen LogP contribution is -1.95. The molecule has 2 heterocycles. The van der Waals surface area contributed by atoms with Gasteiger partial charge in [0.1, 0.15) is 5.75 Å². The van der Waals surface area contributed by atoms with Crippen molar-refractivity contribution in [1.82, 2.24) is 9.97 Å². The van der Waals surface area contributed by atoms with E-state index in [1.54, 1.807) is 17.8 Å². The molecule has 0 bridgehead atoms. The van der Waals surface area contributed by atoms with Crippen LogP contribution in [0.3, 0.4) is 0 Å². The lowest BCUT2D eigenvalue weighted by atomic mass is 10.2. The maximum Gasteiger partial charge on any atom is 0.231 e. The molecule has 3 aromatic rings. The van der Waals surface area contributed by atoms with Crippen molar-refractivity contribution in [3.63, 3.8) is 0 Å². The van der Waals surface area contributed by atoms with Gasteiger partial charge in [-0.3, -0.25) is 0 Å². The minimum absolute atomic E-state index is 0.241. The monoisotopic (exact) mass is 366 g/mol. The highest BCUT2D eigenvalue weighted by atomic mass is 32.2. The Morgan fingerprint density at radius 2 is 1.88 bits per heavy atom. The van der Waals surface area contributed by atoms with Gasteiger partial charge in [-0.05, 0) is 31.5 Å². The van der Waals surface area contributed by atoms with Crippen LogP contribution in [0.2, 0.25) is 0 Å². The topological polar surface area (TPSA) is 53.5 Å². The van der Waals surface area contributed by atoms with Gasteiger partial charge >= 0.3 is 0 Å². The molecule has 2 aromatic carbocycles. The third kappa shape index (κ3) is 3.91. The second kappa shape index (κ2) is 7.25. The van der Waals surface area contributed by atoms with E-state index in [4.69, 9.17) is 14.2 Å². The molecule has 0 amide bonds. The van der Waals surface area contributed by atoms with E-state index in [2.05, 4.69) is 41.2 Å². The summed E-state index contributed by atoms with van der Waals surface area (Å²) in [5.41, 5.74) is 3.36. The standard InChI is InChI=1S/C20H18N2O3S/c1-13-4-3-5-15(8-13)11-26-20-21-14(2)9-19(22-20)25-16-6-7-17-18(10-16)24-12-23-17/h3-10H,11-12H2,1-2H3. The second-order valence-corrected chi connectivity index (χ2v) is 6.97. The molecular weight excluding hydrogens is 348 g/mol. The van der Waals surface area contributed by atoms with Crippen molar-refractivity contribution in [2.24, 2.45) is 0 Å². The van der Waals surface area contributed by atoms with Gasteiger partial charge < -0.3 is 14.2 Å². The molecule has 132 valence electrons. The maximum absolute atomic E-state index is 5.90. The van der Waals surface area contributed by atoms with Crippen LogP contribution in [0.5, 0.6) is 23.1 Å². The Morgan fingerprint density at radius 1 is 1.00 bits per heavy atom. The van der Waals surface area contributed by atoms with E-state index >= 15 is 0 Å². The number of hydrogen-bond acceptors (Lipinski definition) is 6. The van der Waals surface area contributed by atoms with Gasteiger partial charge in [0.25, 0.3) is 0 Å². The van der Waals surface area contributed by atoms with Crippen molar-refractivity contribution in [2.45, 2.75) is 24.8 Å². The molecule has 1 aromatic heterocycles. The van der Waals surface area contributed by atoms with Crippen LogP contribution in [0.4, 0.5) is 0 Å². The van der Waals surface area contributed by atoms with Crippen LogP contribution in [0.25, 0.3) is 0 Å². The van der Waals surface area contributed by atoms with Crippen molar-refractivity contribution in [2.75, 3.05) is 6.79 Å². The number of fused-ring (bicyclic) bond motifs is 1. The number of hydrogen-bond donors (Lipinski definition) is 0. The Morgan fingerprint density at radius 3 is 2.77 bits per heavy atom. The Bertz CT molecular complexity index is 946. The van der Waals surface area contributed by atoms with Crippen molar-refractivity contribution < 1.29 is 14.2 Å². The SMILES string of the molecule is Cc1cccc(CSc2nc(C)cc(Oc3ccc4c(c3)OCO4)n2)c1. The predicted molar refractivity (Wildman–Crippen MR) is 100 cm³/mol. The van der Waals surface area contributed by atoms with E-state index in [1.807, 2.05) is 25.1 Å². The van der Waals surface area contributed by atoms with Gasteiger partial charge in [-0.25, -0.2) is 4.98 Å². The number of nitrogens with zero attached hydrogens (tertiary/aromatic N) is 2. The summed E-state index contributed by atoms with van der Waals surface area (Å²) in [6.07, 6.45) is 0. The predicted octanol–water partition coefficient (Wildman–Crippen LogP) is 4.91. The molecule has 26 heavy (non-hydrogen) atoms. The number of aromatic nitrogens is 2. The third-order valence-electron chi connectivity index (χ3n) is 3.83. The fourth-order valence-electron chi connectivity index (χ4n) is 2.64. The van der Waals surface area contributed by atoms with Crippen LogP contribution in [0.1, 0.15) is 16.8 Å². The van der Waals surface area contributed by atoms with Gasteiger partial charge in [-0.15, -0.1) is 0 Å². The van der Waals surface area contributed by atoms with E-state index in [0.29, 0.717) is 22.5 Å². The van der Waals surface area contributed by atoms with Crippen molar-refractivity contribution in [3.05, 3.63) is 65.4 Å². The quantitative estimate of drug-likeness (QED) is 0.472. The molecule has 1 aliphatic rings. The summed E-state index contributed by atoms with van der Waals surface area (Å²) in [6.45, 7) is 4.27. The van der Waals surface area contributed by atoms with Crippen LogP contribution in [0, 0.1) is 13.8 Å². The molecule has 0 aliphatic carbocycles. The first-order valence-corrected chi connectivity index (χ1v) is 9.26. The second-order valence-electron chi connectivity index (χ2n) is 6.02. The van der Waals surface area contributed by atoms with E-state index in [-0.39, 0.29) is 6.79 Å². The Kier molecular flexibility index (Phi) is 4.67. The van der Waals surface area contributed by atoms with Gasteiger partial charge in [-0.2, -0.15) is 4.98 Å². The van der Waals surface area contributed by atoms with Gasteiger partial charge in [-0.1, -0.05) is 41.6 Å². The Labute approximate surface area is 156 Å². The molecule has 4 rings (SSSR count). The molecule has 0 unspecified atom stereocenters. The first kappa shape index (κ1) is 16.7. The zero-order chi connectivity index (χ0) is 17.9. The smallest absolute Gasteiger partial charge is 0.231 e. The average molecular weight is 366 g/mol. The number of benzene rings is 2. The zero-order valence-electron chi connectivity index (χ0n) is 14.6. The summed E-state index contributed by atoms with van der Waals surface area (Å²) >= 11 is 1.59. The van der Waals surface area contributed by atoms with Crippen molar-refractivity contribution >= 4 is 11.8 Å². The Balaban J connectivity index is 1.49. The van der Waals surface area contributed by atoms with Crippen LogP contribution in [0.15, 0.2) is 53.7 Å². The maximum atomic E-state index is 5.90. The van der Waals surface area contributed by atoms with E-state index < -0.39 is 0 Å². The number of aryl methyl sites for hydroxylation is 2. The van der Waals surface area contributed by atoms with Crippen LogP contribution in [-0.4, -0.2) is 16.8 Å². The summed E-state index contributed by atoms with van der Waals surface area (Å²) in [7, 11) is 0. The number of thioether (sulfide) groups is 1. The molecule has 0 saturated heterocycles. The van der Waals surface area contributed by atoms with Crippen LogP contribution in [-0.2, 0) is 5.75 Å². The van der Waals surface area contributed by atoms with Crippen molar-refractivity contribution in [3.8, 4) is 23.1 Å². The molecule has 0 atom stereocenters. The molecule has 6 heteroatoms. The van der Waals surface area contributed by atoms with Gasteiger partial charge in [0, 0.05) is 23.6 Å². The summed E-state index contributed by atoms with van der Waals surface area (Å²) in [5.74, 6) is 3.40. The number of rotatable bonds is 5. The lowest BCUT2D eigenvalue weighted by Gasteiger charge is -2.08. The third-order valence-corrected chi connectivity index (χ3v) is 4.75. The van der Waals surface area contributed by atoms with E-state index in [9.17, 15) is 0 Å². The average Bonchev–Trinajstić information content (AvgIpc) is 3.07. The molecule has 0 N–H and O–H groups in total. The molecule has 0 spiro atoms. The normalized spacial score (nSPS) is 12.2. The van der Waals surface area contributed by atoms with Gasteiger partial charge in [0.2, 0.25) is 12.7 Å². The molecular formula is C20H18N2O3S. The first-order chi connectivity index (χ1) is 12.7. The first-order valence-electron chi connectivity index (χ1n) is 8.27. The zero-order valence-corrected chi connectivity index (χ0v) is 15.4. The largest absolute Gasteiger partial charge is 0.454 e. The number of ether oxygens (including phenoxy) is 3. The van der Waals surface area contributed by atoms with E-state index in [0.717, 1.165) is 17.2 Å². The minimum atomic E-state index is 0.241. The molecule has 0 saturated carbocycles. The van der Waals surface area contributed by atoms with Gasteiger partial charge in [0.15, 0.2) is 16.7 Å². The van der Waals surface area contributed by atoms with Crippen LogP contribution < -0.4 is 14.2 Å². The summed E-state index contributed by atoms with van der Waals surface area (Å²) in [4.78, 5) is 9.02. The highest BCUT2D eigenvalue weighted by Crippen LogP contribution is 2.36. The molecule has 5 nitrogen and oxygen atoms in total. The van der Waals surface area contributed by atoms with E-state index in [1.165, 1.54) is 11.1 Å². The fourth-order valence-corrected chi connectivity index (χ4v) is 3.48. The highest BCUT2D eigenvalue weighted by Gasteiger charge is 2.14. The fraction of sp³-hybridized carbons (Fsp3) is 0.200. The Hall–Kier alpha value is -2.73. The summed E-state index contributed by atoms with van der Waals surface area (Å²) < 4.78 is 16.6. The van der Waals surface area contributed by atoms with Crippen molar-refractivity contribution in [1.29, 1.82) is 0 Å².